The van der Waals surface area contributed by atoms with Crippen molar-refractivity contribution in [2.75, 3.05) is 24.5 Å². The molecule has 2 aromatic carbocycles. The smallest absolute Gasteiger partial charge is 0.244 e. The van der Waals surface area contributed by atoms with Crippen LogP contribution in [-0.2, 0) is 11.2 Å². The summed E-state index contributed by atoms with van der Waals surface area (Å²) in [7, 11) is 0. The van der Waals surface area contributed by atoms with Gasteiger partial charge in [0.25, 0.3) is 0 Å². The number of likely N-dealkylation sites (tertiary alicyclic amines) is 1. The molecule has 2 N–H and O–H groups in total. The van der Waals surface area contributed by atoms with E-state index in [0.29, 0.717) is 18.4 Å². The maximum Gasteiger partial charge on any atom is 0.244 e. The second-order valence-electron chi connectivity index (χ2n) is 8.03. The molecule has 0 radical (unpaired) electrons. The monoisotopic (exact) mass is 363 g/mol. The Morgan fingerprint density at radius 1 is 1.11 bits per heavy atom. The quantitative estimate of drug-likeness (QED) is 0.908. The molecule has 0 aromatic heterocycles. The van der Waals surface area contributed by atoms with Gasteiger partial charge in [0, 0.05) is 30.7 Å². The number of carbonyl (C=O) groups excluding carboxylic acids is 1. The molecule has 0 aliphatic carbocycles. The molecule has 2 aromatic rings. The van der Waals surface area contributed by atoms with Crippen molar-refractivity contribution in [3.8, 4) is 0 Å². The number of anilines is 1. The van der Waals surface area contributed by atoms with E-state index in [1.165, 1.54) is 11.1 Å². The number of hydrogen-bond acceptors (Lipinski definition) is 3. The van der Waals surface area contributed by atoms with Gasteiger partial charge in [-0.25, -0.2) is 0 Å². The zero-order chi connectivity index (χ0) is 19.0. The highest BCUT2D eigenvalue weighted by molar-refractivity contribution is 5.99. The Morgan fingerprint density at radius 2 is 1.81 bits per heavy atom. The molecule has 0 saturated carbocycles. The van der Waals surface area contributed by atoms with Crippen molar-refractivity contribution >= 4 is 11.6 Å². The van der Waals surface area contributed by atoms with E-state index in [0.717, 1.165) is 25.2 Å². The van der Waals surface area contributed by atoms with Gasteiger partial charge >= 0.3 is 0 Å². The highest BCUT2D eigenvalue weighted by Gasteiger charge is 2.40. The van der Waals surface area contributed by atoms with Gasteiger partial charge < -0.3 is 10.6 Å². The first-order chi connectivity index (χ1) is 13.1. The van der Waals surface area contributed by atoms with Gasteiger partial charge in [0.2, 0.25) is 5.91 Å². The van der Waals surface area contributed by atoms with Gasteiger partial charge in [-0.2, -0.15) is 0 Å². The molecule has 0 spiro atoms. The number of para-hydroxylation sites is 1. The Labute approximate surface area is 162 Å². The summed E-state index contributed by atoms with van der Waals surface area (Å²) in [5.74, 6) is 0.998. The minimum absolute atomic E-state index is 0.138. The van der Waals surface area contributed by atoms with Gasteiger partial charge in [0.15, 0.2) is 0 Å². The van der Waals surface area contributed by atoms with Crippen LogP contribution in [0.3, 0.4) is 0 Å². The molecule has 2 aliphatic heterocycles. The van der Waals surface area contributed by atoms with E-state index in [1.807, 2.05) is 17.0 Å². The first kappa shape index (κ1) is 18.2. The summed E-state index contributed by atoms with van der Waals surface area (Å²) in [6.45, 7) is 6.62. The molecule has 2 aliphatic rings. The van der Waals surface area contributed by atoms with E-state index in [4.69, 9.17) is 5.73 Å². The molecule has 1 saturated heterocycles. The first-order valence-corrected chi connectivity index (χ1v) is 10.00. The van der Waals surface area contributed by atoms with Crippen LogP contribution in [0, 0.1) is 5.92 Å². The van der Waals surface area contributed by atoms with Gasteiger partial charge in [-0.05, 0) is 49.9 Å². The van der Waals surface area contributed by atoms with Crippen LogP contribution in [0.15, 0.2) is 54.6 Å². The fraction of sp³-hybridized carbons (Fsp3) is 0.435. The Bertz CT molecular complexity index is 806. The second kappa shape index (κ2) is 7.45. The standard InChI is InChI=1S/C23H29N3O/c1-16-12-19-10-6-7-11-22(19)26(16)23(27)17(2)25-14-20(13-24)21(15-25)18-8-4-3-5-9-18/h3-11,16-17,20-21H,12-15,24H2,1-2H3/t16?,17?,20-,21+/m1/s1. The summed E-state index contributed by atoms with van der Waals surface area (Å²) in [5.41, 5.74) is 9.77. The van der Waals surface area contributed by atoms with E-state index < -0.39 is 0 Å². The van der Waals surface area contributed by atoms with Crippen LogP contribution < -0.4 is 10.6 Å². The molecule has 0 bridgehead atoms. The van der Waals surface area contributed by atoms with Crippen molar-refractivity contribution in [1.29, 1.82) is 0 Å². The summed E-state index contributed by atoms with van der Waals surface area (Å²) in [4.78, 5) is 17.7. The van der Waals surface area contributed by atoms with E-state index in [9.17, 15) is 4.79 Å². The summed E-state index contributed by atoms with van der Waals surface area (Å²) >= 11 is 0. The molecule has 4 heteroatoms. The zero-order valence-corrected chi connectivity index (χ0v) is 16.2. The van der Waals surface area contributed by atoms with E-state index in [2.05, 4.69) is 61.2 Å². The molecule has 4 atom stereocenters. The molecule has 142 valence electrons. The second-order valence-corrected chi connectivity index (χ2v) is 8.03. The Kier molecular flexibility index (Phi) is 5.02. The van der Waals surface area contributed by atoms with Gasteiger partial charge in [0.05, 0.1) is 6.04 Å². The van der Waals surface area contributed by atoms with Crippen LogP contribution in [0.4, 0.5) is 5.69 Å². The molecule has 2 unspecified atom stereocenters. The lowest BCUT2D eigenvalue weighted by Gasteiger charge is -2.31. The number of nitrogens with zero attached hydrogens (tertiary/aromatic N) is 2. The maximum absolute atomic E-state index is 13.4. The van der Waals surface area contributed by atoms with Gasteiger partial charge in [0.1, 0.15) is 0 Å². The largest absolute Gasteiger partial charge is 0.330 e. The summed E-state index contributed by atoms with van der Waals surface area (Å²) in [5, 5.41) is 0. The van der Waals surface area contributed by atoms with Crippen LogP contribution >= 0.6 is 0 Å². The number of benzene rings is 2. The normalized spacial score (nSPS) is 26.2. The predicted molar refractivity (Wildman–Crippen MR) is 110 cm³/mol. The molecule has 2 heterocycles. The molecule has 1 amide bonds. The predicted octanol–water partition coefficient (Wildman–Crippen LogP) is 3.03. The van der Waals surface area contributed by atoms with E-state index in [1.54, 1.807) is 0 Å². The molecular formula is C23H29N3O. The molecule has 4 nitrogen and oxygen atoms in total. The Morgan fingerprint density at radius 3 is 2.56 bits per heavy atom. The summed E-state index contributed by atoms with van der Waals surface area (Å²) < 4.78 is 0. The van der Waals surface area contributed by atoms with Crippen LogP contribution in [0.2, 0.25) is 0 Å². The summed E-state index contributed by atoms with van der Waals surface area (Å²) in [6.07, 6.45) is 0.937. The Balaban J connectivity index is 1.53. The number of fused-ring (bicyclic) bond motifs is 1. The lowest BCUT2D eigenvalue weighted by atomic mass is 9.89. The van der Waals surface area contributed by atoms with Crippen molar-refractivity contribution in [2.45, 2.75) is 38.3 Å². The van der Waals surface area contributed by atoms with E-state index in [-0.39, 0.29) is 18.0 Å². The Hall–Kier alpha value is -2.17. The molecule has 1 fully saturated rings. The van der Waals surface area contributed by atoms with Crippen molar-refractivity contribution in [3.63, 3.8) is 0 Å². The minimum Gasteiger partial charge on any atom is -0.330 e. The van der Waals surface area contributed by atoms with Crippen LogP contribution in [0.25, 0.3) is 0 Å². The molecular weight excluding hydrogens is 334 g/mol. The third-order valence-electron chi connectivity index (χ3n) is 6.35. The van der Waals surface area contributed by atoms with E-state index >= 15 is 0 Å². The highest BCUT2D eigenvalue weighted by Crippen LogP contribution is 2.36. The van der Waals surface area contributed by atoms with Gasteiger partial charge in [-0.1, -0.05) is 48.5 Å². The number of carbonyl (C=O) groups is 1. The van der Waals surface area contributed by atoms with Crippen molar-refractivity contribution in [1.82, 2.24) is 4.90 Å². The molecule has 4 rings (SSSR count). The van der Waals surface area contributed by atoms with Crippen molar-refractivity contribution < 1.29 is 4.79 Å². The lowest BCUT2D eigenvalue weighted by molar-refractivity contribution is -0.123. The number of rotatable bonds is 4. The molecule has 27 heavy (non-hydrogen) atoms. The third-order valence-corrected chi connectivity index (χ3v) is 6.35. The third kappa shape index (κ3) is 3.28. The lowest BCUT2D eigenvalue weighted by Crippen LogP contribution is -2.48. The fourth-order valence-corrected chi connectivity index (χ4v) is 4.80. The van der Waals surface area contributed by atoms with Gasteiger partial charge in [-0.3, -0.25) is 9.69 Å². The zero-order valence-electron chi connectivity index (χ0n) is 16.2. The average molecular weight is 364 g/mol. The maximum atomic E-state index is 13.4. The topological polar surface area (TPSA) is 49.6 Å². The fourth-order valence-electron chi connectivity index (χ4n) is 4.80. The summed E-state index contributed by atoms with van der Waals surface area (Å²) in [6, 6.07) is 18.9. The average Bonchev–Trinajstić information content (AvgIpc) is 3.28. The minimum atomic E-state index is -0.138. The van der Waals surface area contributed by atoms with Crippen LogP contribution in [-0.4, -0.2) is 42.5 Å². The van der Waals surface area contributed by atoms with Gasteiger partial charge in [-0.15, -0.1) is 0 Å². The first-order valence-electron chi connectivity index (χ1n) is 10.00. The SMILES string of the molecule is CC(C(=O)N1c2ccccc2CC1C)N1C[C@@H](CN)[C@H](c2ccccc2)C1. The number of hydrogen-bond donors (Lipinski definition) is 1. The highest BCUT2D eigenvalue weighted by atomic mass is 16.2. The number of amides is 1. The van der Waals surface area contributed by atoms with Crippen molar-refractivity contribution in [3.05, 3.63) is 65.7 Å². The number of nitrogens with two attached hydrogens (primary N) is 1. The van der Waals surface area contributed by atoms with Crippen LogP contribution in [0.1, 0.15) is 30.9 Å². The van der Waals surface area contributed by atoms with Crippen molar-refractivity contribution in [2.24, 2.45) is 11.7 Å². The van der Waals surface area contributed by atoms with Crippen LogP contribution in [0.5, 0.6) is 0 Å².